The van der Waals surface area contributed by atoms with Crippen LogP contribution >= 0.6 is 0 Å². The van der Waals surface area contributed by atoms with E-state index in [1.807, 2.05) is 20.8 Å². The molecule has 1 atom stereocenters. The molecule has 92 valence electrons. The second kappa shape index (κ2) is 9.09. The Labute approximate surface area is 93.7 Å². The van der Waals surface area contributed by atoms with Gasteiger partial charge in [-0.1, -0.05) is 0 Å². The number of rotatable bonds is 9. The summed E-state index contributed by atoms with van der Waals surface area (Å²) in [6.45, 7) is 9.92. The molecule has 0 aromatic rings. The quantitative estimate of drug-likeness (QED) is 0.619. The number of nitrogens with zero attached hydrogens (tertiary/aromatic N) is 1. The van der Waals surface area contributed by atoms with Gasteiger partial charge in [0.15, 0.2) is 0 Å². The molecule has 0 spiro atoms. The van der Waals surface area contributed by atoms with Gasteiger partial charge in [0.2, 0.25) is 0 Å². The Kier molecular flexibility index (Phi) is 9.00. The fourth-order valence-electron chi connectivity index (χ4n) is 1.31. The van der Waals surface area contributed by atoms with Gasteiger partial charge in [-0.25, -0.2) is 0 Å². The summed E-state index contributed by atoms with van der Waals surface area (Å²) >= 11 is 0. The number of likely N-dealkylation sites (N-methyl/N-ethyl adjacent to an activating group) is 1. The molecule has 0 heterocycles. The Morgan fingerprint density at radius 1 is 1.27 bits per heavy atom. The number of ether oxygens (including phenoxy) is 2. The smallest absolute Gasteiger partial charge is 0.0823 e. The van der Waals surface area contributed by atoms with Crippen molar-refractivity contribution in [3.8, 4) is 0 Å². The summed E-state index contributed by atoms with van der Waals surface area (Å²) < 4.78 is 11.0. The van der Waals surface area contributed by atoms with Gasteiger partial charge in [-0.15, -0.1) is 0 Å². The highest BCUT2D eigenvalue weighted by Crippen LogP contribution is 1.95. The Bertz CT molecular complexity index is 143. The van der Waals surface area contributed by atoms with Gasteiger partial charge in [0.25, 0.3) is 0 Å². The van der Waals surface area contributed by atoms with Crippen LogP contribution in [-0.2, 0) is 9.47 Å². The molecule has 0 rings (SSSR count). The van der Waals surface area contributed by atoms with E-state index in [0.29, 0.717) is 12.6 Å². The van der Waals surface area contributed by atoms with Crippen molar-refractivity contribution >= 4 is 0 Å². The van der Waals surface area contributed by atoms with E-state index in [9.17, 15) is 0 Å². The largest absolute Gasteiger partial charge is 0.377 e. The van der Waals surface area contributed by atoms with Crippen molar-refractivity contribution in [1.82, 2.24) is 4.90 Å². The predicted octanol–water partition coefficient (Wildman–Crippen LogP) is 0.707. The second-order valence-corrected chi connectivity index (χ2v) is 3.99. The van der Waals surface area contributed by atoms with Crippen molar-refractivity contribution in [3.63, 3.8) is 0 Å². The summed E-state index contributed by atoms with van der Waals surface area (Å²) in [6, 6.07) is 0. The fourth-order valence-corrected chi connectivity index (χ4v) is 1.31. The molecule has 1 unspecified atom stereocenters. The molecular weight excluding hydrogens is 192 g/mol. The number of hydrogen-bond acceptors (Lipinski definition) is 4. The highest BCUT2D eigenvalue weighted by molar-refractivity contribution is 4.63. The molecule has 0 aliphatic carbocycles. The molecule has 4 nitrogen and oxygen atoms in total. The lowest BCUT2D eigenvalue weighted by Crippen LogP contribution is -2.37. The van der Waals surface area contributed by atoms with Crippen molar-refractivity contribution in [2.75, 3.05) is 39.9 Å². The van der Waals surface area contributed by atoms with Crippen LogP contribution in [-0.4, -0.2) is 57.0 Å². The van der Waals surface area contributed by atoms with E-state index < -0.39 is 0 Å². The Morgan fingerprint density at radius 3 is 2.40 bits per heavy atom. The van der Waals surface area contributed by atoms with Crippen molar-refractivity contribution < 1.29 is 9.47 Å². The summed E-state index contributed by atoms with van der Waals surface area (Å²) in [6.07, 6.45) is 0.439. The molecule has 0 aromatic carbocycles. The Balaban J connectivity index is 3.56. The Hall–Kier alpha value is -0.160. The lowest BCUT2D eigenvalue weighted by Gasteiger charge is -2.23. The van der Waals surface area contributed by atoms with Crippen LogP contribution in [0.3, 0.4) is 0 Å². The van der Waals surface area contributed by atoms with Crippen molar-refractivity contribution in [2.24, 2.45) is 5.73 Å². The van der Waals surface area contributed by atoms with E-state index in [-0.39, 0.29) is 6.10 Å². The van der Waals surface area contributed by atoms with E-state index in [1.54, 1.807) is 0 Å². The van der Waals surface area contributed by atoms with Gasteiger partial charge in [0.1, 0.15) is 0 Å². The van der Waals surface area contributed by atoms with E-state index in [4.69, 9.17) is 15.2 Å². The van der Waals surface area contributed by atoms with Crippen molar-refractivity contribution in [3.05, 3.63) is 0 Å². The first-order valence-electron chi connectivity index (χ1n) is 5.71. The summed E-state index contributed by atoms with van der Waals surface area (Å²) in [4.78, 5) is 2.19. The first-order valence-corrected chi connectivity index (χ1v) is 5.71. The van der Waals surface area contributed by atoms with Gasteiger partial charge in [0, 0.05) is 26.2 Å². The van der Waals surface area contributed by atoms with Gasteiger partial charge in [-0.2, -0.15) is 0 Å². The summed E-state index contributed by atoms with van der Waals surface area (Å²) in [5, 5.41) is 0. The van der Waals surface area contributed by atoms with E-state index in [1.165, 1.54) is 0 Å². The first-order chi connectivity index (χ1) is 7.10. The molecule has 0 radical (unpaired) electrons. The molecule has 0 amide bonds. The molecule has 0 fully saturated rings. The maximum absolute atomic E-state index is 5.60. The highest BCUT2D eigenvalue weighted by atomic mass is 16.5. The van der Waals surface area contributed by atoms with Gasteiger partial charge >= 0.3 is 0 Å². The molecule has 4 heteroatoms. The van der Waals surface area contributed by atoms with Gasteiger partial charge < -0.3 is 20.1 Å². The average molecular weight is 218 g/mol. The summed E-state index contributed by atoms with van der Waals surface area (Å²) in [7, 11) is 2.06. The van der Waals surface area contributed by atoms with Crippen molar-refractivity contribution in [1.29, 1.82) is 0 Å². The molecule has 15 heavy (non-hydrogen) atoms. The maximum atomic E-state index is 5.60. The van der Waals surface area contributed by atoms with Crippen LogP contribution < -0.4 is 5.73 Å². The van der Waals surface area contributed by atoms with Crippen LogP contribution in [0.5, 0.6) is 0 Å². The Morgan fingerprint density at radius 2 is 1.93 bits per heavy atom. The zero-order chi connectivity index (χ0) is 11.7. The third-order valence-corrected chi connectivity index (χ3v) is 2.10. The van der Waals surface area contributed by atoms with Crippen molar-refractivity contribution in [2.45, 2.75) is 33.0 Å². The SMILES string of the molecule is CCOC(CN)CN(C)CCOC(C)C. The predicted molar refractivity (Wildman–Crippen MR) is 63.1 cm³/mol. The van der Waals surface area contributed by atoms with E-state index >= 15 is 0 Å². The van der Waals surface area contributed by atoms with Crippen LogP contribution in [0.15, 0.2) is 0 Å². The number of nitrogens with two attached hydrogens (primary N) is 1. The lowest BCUT2D eigenvalue weighted by molar-refractivity contribution is 0.0269. The third-order valence-electron chi connectivity index (χ3n) is 2.10. The minimum atomic E-state index is 0.138. The van der Waals surface area contributed by atoms with Gasteiger partial charge in [-0.05, 0) is 27.8 Å². The molecule has 2 N–H and O–H groups in total. The zero-order valence-electron chi connectivity index (χ0n) is 10.5. The first kappa shape index (κ1) is 14.8. The fraction of sp³-hybridized carbons (Fsp3) is 1.00. The van der Waals surface area contributed by atoms with Gasteiger partial charge in [0.05, 0.1) is 18.8 Å². The van der Waals surface area contributed by atoms with E-state index in [2.05, 4.69) is 11.9 Å². The third kappa shape index (κ3) is 8.81. The standard InChI is InChI=1S/C11H26N2O2/c1-5-14-11(8-12)9-13(4)6-7-15-10(2)3/h10-11H,5-9,12H2,1-4H3. The minimum Gasteiger partial charge on any atom is -0.377 e. The summed E-state index contributed by atoms with van der Waals surface area (Å²) in [5.41, 5.74) is 5.60. The molecular formula is C11H26N2O2. The normalized spacial score (nSPS) is 13.8. The zero-order valence-corrected chi connectivity index (χ0v) is 10.5. The van der Waals surface area contributed by atoms with Crippen LogP contribution in [0, 0.1) is 0 Å². The average Bonchev–Trinajstić information content (AvgIpc) is 2.16. The minimum absolute atomic E-state index is 0.138. The van der Waals surface area contributed by atoms with Crippen LogP contribution in [0.1, 0.15) is 20.8 Å². The molecule has 0 aliphatic rings. The second-order valence-electron chi connectivity index (χ2n) is 3.99. The molecule has 0 saturated carbocycles. The molecule has 0 saturated heterocycles. The molecule has 0 bridgehead atoms. The molecule has 0 aromatic heterocycles. The maximum Gasteiger partial charge on any atom is 0.0823 e. The lowest BCUT2D eigenvalue weighted by atomic mass is 10.3. The van der Waals surface area contributed by atoms with Crippen LogP contribution in [0.2, 0.25) is 0 Å². The van der Waals surface area contributed by atoms with Crippen LogP contribution in [0.4, 0.5) is 0 Å². The van der Waals surface area contributed by atoms with E-state index in [0.717, 1.165) is 26.3 Å². The van der Waals surface area contributed by atoms with Crippen LogP contribution in [0.25, 0.3) is 0 Å². The highest BCUT2D eigenvalue weighted by Gasteiger charge is 2.09. The van der Waals surface area contributed by atoms with Gasteiger partial charge in [-0.3, -0.25) is 0 Å². The topological polar surface area (TPSA) is 47.7 Å². The molecule has 0 aliphatic heterocycles. The monoisotopic (exact) mass is 218 g/mol. The summed E-state index contributed by atoms with van der Waals surface area (Å²) in [5.74, 6) is 0. The number of hydrogen-bond donors (Lipinski definition) is 1.